The zero-order chi connectivity index (χ0) is 19.3. The lowest BCUT2D eigenvalue weighted by molar-refractivity contribution is -0.148. The normalized spacial score (nSPS) is 32.3. The number of hydrogen-bond donors (Lipinski definition) is 2. The van der Waals surface area contributed by atoms with Crippen LogP contribution in [0.4, 0.5) is 0 Å². The van der Waals surface area contributed by atoms with Crippen LogP contribution in [0.1, 0.15) is 39.5 Å². The summed E-state index contributed by atoms with van der Waals surface area (Å²) < 4.78 is 11.2. The van der Waals surface area contributed by atoms with E-state index in [0.717, 1.165) is 12.0 Å². The van der Waals surface area contributed by atoms with E-state index in [9.17, 15) is 19.8 Å². The van der Waals surface area contributed by atoms with Crippen molar-refractivity contribution in [2.24, 2.45) is 11.8 Å². The first kappa shape index (κ1) is 20.4. The van der Waals surface area contributed by atoms with Gasteiger partial charge in [-0.15, -0.1) is 0 Å². The molecule has 0 saturated carbocycles. The molecule has 2 N–H and O–H groups in total. The van der Waals surface area contributed by atoms with Gasteiger partial charge < -0.3 is 19.7 Å². The fraction of sp³-hybridized carbons (Fsp3) is 0.600. The number of hydrogen-bond acceptors (Lipinski definition) is 6. The Morgan fingerprint density at radius 1 is 1.46 bits per heavy atom. The van der Waals surface area contributed by atoms with Gasteiger partial charge in [-0.05, 0) is 44.6 Å². The van der Waals surface area contributed by atoms with Crippen molar-refractivity contribution in [3.8, 4) is 0 Å². The van der Waals surface area contributed by atoms with Crippen LogP contribution in [0.2, 0.25) is 0 Å². The molecule has 1 fully saturated rings. The van der Waals surface area contributed by atoms with Crippen molar-refractivity contribution in [3.63, 3.8) is 0 Å². The number of aliphatic hydroxyl groups excluding tert-OH is 2. The summed E-state index contributed by atoms with van der Waals surface area (Å²) in [5.41, 5.74) is 1.49. The highest BCUT2D eigenvalue weighted by Gasteiger charge is 2.46. The lowest BCUT2D eigenvalue weighted by Crippen LogP contribution is -2.36. The average Bonchev–Trinajstić information content (AvgIpc) is 2.91. The van der Waals surface area contributed by atoms with Crippen LogP contribution in [-0.4, -0.2) is 47.6 Å². The molecule has 0 radical (unpaired) electrons. The van der Waals surface area contributed by atoms with Crippen molar-refractivity contribution in [1.82, 2.24) is 0 Å². The SMILES string of the molecule is C=C1C(=O)O[C@@H]2C[C@H](CO)CC/C=C(/CO)CC(OC(=O)/C(C)=C/C)[C@@H]12. The molecule has 0 bridgehead atoms. The summed E-state index contributed by atoms with van der Waals surface area (Å²) in [7, 11) is 0. The summed E-state index contributed by atoms with van der Waals surface area (Å²) in [4.78, 5) is 24.4. The van der Waals surface area contributed by atoms with E-state index in [1.807, 2.05) is 6.08 Å². The molecule has 4 atom stereocenters. The molecule has 1 aliphatic carbocycles. The quantitative estimate of drug-likeness (QED) is 0.451. The number of carbonyl (C=O) groups is 2. The number of carbonyl (C=O) groups excluding carboxylic acids is 2. The third-order valence-corrected chi connectivity index (χ3v) is 5.24. The monoisotopic (exact) mass is 364 g/mol. The van der Waals surface area contributed by atoms with Gasteiger partial charge in [-0.25, -0.2) is 9.59 Å². The maximum Gasteiger partial charge on any atom is 0.334 e. The fourth-order valence-corrected chi connectivity index (χ4v) is 3.50. The van der Waals surface area contributed by atoms with Crippen LogP contribution in [0.15, 0.2) is 35.5 Å². The molecular weight excluding hydrogens is 336 g/mol. The van der Waals surface area contributed by atoms with Crippen molar-refractivity contribution >= 4 is 11.9 Å². The topological polar surface area (TPSA) is 93.1 Å². The molecule has 1 heterocycles. The number of esters is 2. The minimum absolute atomic E-state index is 0.0162. The van der Waals surface area contributed by atoms with Crippen molar-refractivity contribution in [3.05, 3.63) is 35.5 Å². The van der Waals surface area contributed by atoms with E-state index in [0.29, 0.717) is 24.8 Å². The predicted octanol–water partition coefficient (Wildman–Crippen LogP) is 2.06. The van der Waals surface area contributed by atoms with Gasteiger partial charge >= 0.3 is 11.9 Å². The Bertz CT molecular complexity index is 618. The minimum Gasteiger partial charge on any atom is -0.458 e. The number of aliphatic hydroxyl groups is 2. The average molecular weight is 364 g/mol. The minimum atomic E-state index is -0.655. The van der Waals surface area contributed by atoms with Gasteiger partial charge in [0.1, 0.15) is 12.2 Å². The first-order chi connectivity index (χ1) is 12.4. The number of fused-ring (bicyclic) bond motifs is 1. The van der Waals surface area contributed by atoms with E-state index < -0.39 is 30.1 Å². The standard InChI is InChI=1S/C20H28O6/c1-4-12(2)19(23)25-16-8-14(10-21)6-5-7-15(11-22)9-17-18(16)13(3)20(24)26-17/h4,6,15-18,21-22H,3,5,7-11H2,1-2H3/b12-4+,14-6+/t15-,16?,17-,18-/m1/s1. The smallest absolute Gasteiger partial charge is 0.334 e. The Kier molecular flexibility index (Phi) is 7.17. The Morgan fingerprint density at radius 3 is 2.81 bits per heavy atom. The molecule has 26 heavy (non-hydrogen) atoms. The molecule has 144 valence electrons. The van der Waals surface area contributed by atoms with Gasteiger partial charge in [-0.2, -0.15) is 0 Å². The number of allylic oxidation sites excluding steroid dienone is 2. The second-order valence-electron chi connectivity index (χ2n) is 7.00. The zero-order valence-electron chi connectivity index (χ0n) is 15.4. The third-order valence-electron chi connectivity index (χ3n) is 5.24. The van der Waals surface area contributed by atoms with Crippen LogP contribution in [0.5, 0.6) is 0 Å². The fourth-order valence-electron chi connectivity index (χ4n) is 3.50. The Morgan fingerprint density at radius 2 is 2.19 bits per heavy atom. The lowest BCUT2D eigenvalue weighted by Gasteiger charge is -2.30. The highest BCUT2D eigenvalue weighted by molar-refractivity contribution is 5.91. The number of ether oxygens (including phenoxy) is 2. The second-order valence-corrected chi connectivity index (χ2v) is 7.00. The summed E-state index contributed by atoms with van der Waals surface area (Å²) in [6, 6.07) is 0. The largest absolute Gasteiger partial charge is 0.458 e. The molecule has 1 saturated heterocycles. The molecule has 0 amide bonds. The first-order valence-corrected chi connectivity index (χ1v) is 9.04. The second kappa shape index (κ2) is 9.14. The van der Waals surface area contributed by atoms with Crippen molar-refractivity contribution in [2.45, 2.75) is 51.7 Å². The summed E-state index contributed by atoms with van der Waals surface area (Å²) in [5, 5.41) is 19.3. The first-order valence-electron chi connectivity index (χ1n) is 9.04. The lowest BCUT2D eigenvalue weighted by atomic mass is 9.81. The highest BCUT2D eigenvalue weighted by Crippen LogP contribution is 2.38. The molecule has 1 aliphatic heterocycles. The van der Waals surface area contributed by atoms with Gasteiger partial charge in [-0.1, -0.05) is 18.7 Å². The van der Waals surface area contributed by atoms with Gasteiger partial charge in [0.25, 0.3) is 0 Å². The van der Waals surface area contributed by atoms with E-state index in [2.05, 4.69) is 6.58 Å². The molecular formula is C20H28O6. The number of rotatable bonds is 4. The highest BCUT2D eigenvalue weighted by atomic mass is 16.6. The molecule has 2 rings (SSSR count). The summed E-state index contributed by atoms with van der Waals surface area (Å²) in [5.74, 6) is -1.48. The van der Waals surface area contributed by atoms with Crippen LogP contribution in [0.3, 0.4) is 0 Å². The third kappa shape index (κ3) is 4.62. The molecule has 6 nitrogen and oxygen atoms in total. The maximum atomic E-state index is 12.3. The van der Waals surface area contributed by atoms with Crippen molar-refractivity contribution in [2.75, 3.05) is 13.2 Å². The van der Waals surface area contributed by atoms with Gasteiger partial charge in [0.05, 0.1) is 12.5 Å². The predicted molar refractivity (Wildman–Crippen MR) is 96.0 cm³/mol. The molecule has 0 aromatic heterocycles. The van der Waals surface area contributed by atoms with Crippen LogP contribution < -0.4 is 0 Å². The van der Waals surface area contributed by atoms with Crippen LogP contribution in [-0.2, 0) is 19.1 Å². The molecule has 2 aliphatic rings. The van der Waals surface area contributed by atoms with Gasteiger partial charge in [-0.3, -0.25) is 0 Å². The molecule has 1 unspecified atom stereocenters. The van der Waals surface area contributed by atoms with Gasteiger partial charge in [0.15, 0.2) is 0 Å². The summed E-state index contributed by atoms with van der Waals surface area (Å²) in [6.45, 7) is 7.09. The molecule has 0 spiro atoms. The van der Waals surface area contributed by atoms with E-state index in [4.69, 9.17) is 9.47 Å². The van der Waals surface area contributed by atoms with E-state index in [-0.39, 0.29) is 24.7 Å². The summed E-state index contributed by atoms with van der Waals surface area (Å²) in [6.07, 6.45) is 4.68. The van der Waals surface area contributed by atoms with E-state index in [1.165, 1.54) is 0 Å². The Labute approximate surface area is 154 Å². The van der Waals surface area contributed by atoms with Gasteiger partial charge in [0, 0.05) is 24.2 Å². The maximum absolute atomic E-state index is 12.3. The van der Waals surface area contributed by atoms with Crippen LogP contribution >= 0.6 is 0 Å². The molecule has 6 heteroatoms. The van der Waals surface area contributed by atoms with E-state index >= 15 is 0 Å². The zero-order valence-corrected chi connectivity index (χ0v) is 15.4. The Hall–Kier alpha value is -1.92. The van der Waals surface area contributed by atoms with Gasteiger partial charge in [0.2, 0.25) is 0 Å². The molecule has 0 aromatic carbocycles. The van der Waals surface area contributed by atoms with Crippen molar-refractivity contribution in [1.29, 1.82) is 0 Å². The Balaban J connectivity index is 2.37. The van der Waals surface area contributed by atoms with E-state index in [1.54, 1.807) is 19.9 Å². The molecule has 0 aromatic rings. The van der Waals surface area contributed by atoms with Crippen LogP contribution in [0.25, 0.3) is 0 Å². The van der Waals surface area contributed by atoms with Crippen LogP contribution in [0, 0.1) is 11.8 Å². The van der Waals surface area contributed by atoms with Crippen molar-refractivity contribution < 1.29 is 29.3 Å². The summed E-state index contributed by atoms with van der Waals surface area (Å²) >= 11 is 0.